The summed E-state index contributed by atoms with van der Waals surface area (Å²) in [5.74, 6) is 1.25. The molecular weight excluding hydrogens is 342 g/mol. The zero-order valence-corrected chi connectivity index (χ0v) is 15.0. The van der Waals surface area contributed by atoms with Crippen molar-refractivity contribution in [1.29, 1.82) is 0 Å². The van der Waals surface area contributed by atoms with E-state index in [-0.39, 0.29) is 5.92 Å². The van der Waals surface area contributed by atoms with Gasteiger partial charge in [-0.15, -0.1) is 14.8 Å². The number of nitrogens with zero attached hydrogens (tertiary/aromatic N) is 7. The first-order valence-electron chi connectivity index (χ1n) is 9.44. The standard InChI is InChI=1S/C19H21N7O/c27-19(25-12-7-14-3-1-2-4-16(14)13-25)15-8-10-24(11-9-15)18-6-5-17-20-22-23-26(17)21-18/h1-6,15H,7-13H2. The average molecular weight is 363 g/mol. The zero-order chi connectivity index (χ0) is 18.2. The van der Waals surface area contributed by atoms with E-state index in [1.807, 2.05) is 17.0 Å². The first-order valence-corrected chi connectivity index (χ1v) is 9.44. The van der Waals surface area contributed by atoms with E-state index in [0.29, 0.717) is 11.6 Å². The smallest absolute Gasteiger partial charge is 0.226 e. The number of rotatable bonds is 2. The van der Waals surface area contributed by atoms with Gasteiger partial charge < -0.3 is 9.80 Å². The van der Waals surface area contributed by atoms with Crippen LogP contribution >= 0.6 is 0 Å². The highest BCUT2D eigenvalue weighted by atomic mass is 16.2. The van der Waals surface area contributed by atoms with Crippen LogP contribution in [-0.4, -0.2) is 55.7 Å². The molecule has 0 N–H and O–H groups in total. The van der Waals surface area contributed by atoms with Crippen molar-refractivity contribution in [2.75, 3.05) is 24.5 Å². The topological polar surface area (TPSA) is 79.5 Å². The van der Waals surface area contributed by atoms with Crippen molar-refractivity contribution in [1.82, 2.24) is 30.2 Å². The molecule has 1 aromatic carbocycles. The van der Waals surface area contributed by atoms with E-state index in [2.05, 4.69) is 49.8 Å². The van der Waals surface area contributed by atoms with Gasteiger partial charge in [-0.3, -0.25) is 4.79 Å². The number of tetrazole rings is 1. The third kappa shape index (κ3) is 3.01. The quantitative estimate of drug-likeness (QED) is 0.683. The summed E-state index contributed by atoms with van der Waals surface area (Å²) >= 11 is 0. The molecule has 0 spiro atoms. The first kappa shape index (κ1) is 16.2. The van der Waals surface area contributed by atoms with Gasteiger partial charge in [-0.25, -0.2) is 0 Å². The number of hydrogen-bond donors (Lipinski definition) is 0. The van der Waals surface area contributed by atoms with Crippen molar-refractivity contribution in [3.05, 3.63) is 47.5 Å². The van der Waals surface area contributed by atoms with E-state index in [4.69, 9.17) is 0 Å². The Balaban J connectivity index is 1.23. The Kier molecular flexibility index (Phi) is 3.95. The molecule has 0 bridgehead atoms. The molecule has 2 aliphatic rings. The van der Waals surface area contributed by atoms with Crippen LogP contribution in [0.5, 0.6) is 0 Å². The third-order valence-electron chi connectivity index (χ3n) is 5.67. The van der Waals surface area contributed by atoms with Gasteiger partial charge >= 0.3 is 0 Å². The van der Waals surface area contributed by atoms with Gasteiger partial charge in [0.1, 0.15) is 0 Å². The minimum Gasteiger partial charge on any atom is -0.355 e. The second-order valence-corrected chi connectivity index (χ2v) is 7.26. The predicted molar refractivity (Wildman–Crippen MR) is 99.1 cm³/mol. The van der Waals surface area contributed by atoms with Gasteiger partial charge in [-0.2, -0.15) is 0 Å². The fraction of sp³-hybridized carbons (Fsp3) is 0.421. The summed E-state index contributed by atoms with van der Waals surface area (Å²) in [6, 6.07) is 12.2. The molecule has 0 atom stereocenters. The van der Waals surface area contributed by atoms with Crippen LogP contribution in [0.1, 0.15) is 24.0 Å². The van der Waals surface area contributed by atoms with E-state index in [1.54, 1.807) is 0 Å². The molecule has 0 radical (unpaired) electrons. The second-order valence-electron chi connectivity index (χ2n) is 7.26. The molecule has 8 heteroatoms. The molecule has 0 saturated carbocycles. The van der Waals surface area contributed by atoms with Gasteiger partial charge in [-0.1, -0.05) is 24.3 Å². The first-order chi connectivity index (χ1) is 13.3. The molecule has 1 amide bonds. The van der Waals surface area contributed by atoms with Gasteiger partial charge in [0.25, 0.3) is 0 Å². The number of carbonyl (C=O) groups is 1. The molecule has 0 unspecified atom stereocenters. The summed E-state index contributed by atoms with van der Waals surface area (Å²) in [5, 5.41) is 15.8. The number of aromatic nitrogens is 5. The number of hydrogen-bond acceptors (Lipinski definition) is 6. The zero-order valence-electron chi connectivity index (χ0n) is 15.0. The molecule has 138 valence electrons. The van der Waals surface area contributed by atoms with Crippen molar-refractivity contribution in [2.24, 2.45) is 5.92 Å². The summed E-state index contributed by atoms with van der Waals surface area (Å²) < 4.78 is 1.44. The Hall–Kier alpha value is -3.03. The van der Waals surface area contributed by atoms with E-state index in [1.165, 1.54) is 15.8 Å². The minimum atomic E-state index is 0.100. The normalized spacial score (nSPS) is 17.9. The lowest BCUT2D eigenvalue weighted by Crippen LogP contribution is -2.44. The molecule has 2 aromatic heterocycles. The van der Waals surface area contributed by atoms with Crippen LogP contribution in [0.25, 0.3) is 5.65 Å². The molecular formula is C19H21N7O. The number of benzene rings is 1. The number of fused-ring (bicyclic) bond motifs is 2. The molecule has 1 saturated heterocycles. The van der Waals surface area contributed by atoms with Crippen molar-refractivity contribution < 1.29 is 4.79 Å². The van der Waals surface area contributed by atoms with Crippen LogP contribution in [0.4, 0.5) is 5.82 Å². The highest BCUT2D eigenvalue weighted by molar-refractivity contribution is 5.79. The molecule has 3 aromatic rings. The summed E-state index contributed by atoms with van der Waals surface area (Å²) in [6.07, 6.45) is 2.66. The van der Waals surface area contributed by atoms with Crippen LogP contribution in [0.15, 0.2) is 36.4 Å². The maximum atomic E-state index is 13.0. The molecule has 4 heterocycles. The second kappa shape index (κ2) is 6.61. The molecule has 1 fully saturated rings. The van der Waals surface area contributed by atoms with Gasteiger partial charge in [0, 0.05) is 32.1 Å². The molecule has 5 rings (SSSR count). The Labute approximate surface area is 156 Å². The summed E-state index contributed by atoms with van der Waals surface area (Å²) in [7, 11) is 0. The van der Waals surface area contributed by atoms with E-state index < -0.39 is 0 Å². The van der Waals surface area contributed by atoms with Crippen LogP contribution in [-0.2, 0) is 17.8 Å². The Morgan fingerprint density at radius 3 is 2.67 bits per heavy atom. The summed E-state index contributed by atoms with van der Waals surface area (Å²) in [5.41, 5.74) is 3.29. The number of carbonyl (C=O) groups excluding carboxylic acids is 1. The third-order valence-corrected chi connectivity index (χ3v) is 5.67. The minimum absolute atomic E-state index is 0.100. The van der Waals surface area contributed by atoms with Gasteiger partial charge in [0.05, 0.1) is 0 Å². The lowest BCUT2D eigenvalue weighted by Gasteiger charge is -2.36. The van der Waals surface area contributed by atoms with E-state index in [9.17, 15) is 4.79 Å². The maximum Gasteiger partial charge on any atom is 0.226 e. The molecule has 8 nitrogen and oxygen atoms in total. The Morgan fingerprint density at radius 1 is 1.00 bits per heavy atom. The summed E-state index contributed by atoms with van der Waals surface area (Å²) in [4.78, 5) is 17.2. The van der Waals surface area contributed by atoms with E-state index >= 15 is 0 Å². The maximum absolute atomic E-state index is 13.0. The largest absolute Gasteiger partial charge is 0.355 e. The lowest BCUT2D eigenvalue weighted by molar-refractivity contribution is -0.137. The number of amides is 1. The van der Waals surface area contributed by atoms with E-state index in [0.717, 1.165) is 51.3 Å². The Bertz CT molecular complexity index is 977. The van der Waals surface area contributed by atoms with Crippen LogP contribution in [0, 0.1) is 5.92 Å². The average Bonchev–Trinajstić information content (AvgIpc) is 3.21. The number of piperidine rings is 1. The fourth-order valence-electron chi connectivity index (χ4n) is 4.11. The van der Waals surface area contributed by atoms with Gasteiger partial charge in [0.15, 0.2) is 11.5 Å². The molecule has 2 aliphatic heterocycles. The van der Waals surface area contributed by atoms with Crippen LogP contribution in [0.2, 0.25) is 0 Å². The lowest BCUT2D eigenvalue weighted by atomic mass is 9.93. The highest BCUT2D eigenvalue weighted by Gasteiger charge is 2.30. The predicted octanol–water partition coefficient (Wildman–Crippen LogP) is 1.32. The van der Waals surface area contributed by atoms with Gasteiger partial charge in [0.2, 0.25) is 5.91 Å². The monoisotopic (exact) mass is 363 g/mol. The van der Waals surface area contributed by atoms with Crippen LogP contribution in [0.3, 0.4) is 0 Å². The van der Waals surface area contributed by atoms with Crippen molar-refractivity contribution in [3.8, 4) is 0 Å². The van der Waals surface area contributed by atoms with Crippen molar-refractivity contribution >= 4 is 17.4 Å². The molecule has 27 heavy (non-hydrogen) atoms. The summed E-state index contributed by atoms with van der Waals surface area (Å²) in [6.45, 7) is 3.21. The van der Waals surface area contributed by atoms with Crippen LogP contribution < -0.4 is 4.90 Å². The SMILES string of the molecule is O=C(C1CCN(c2ccc3nnnn3n2)CC1)N1CCc2ccccc2C1. The van der Waals surface area contributed by atoms with Crippen molar-refractivity contribution in [3.63, 3.8) is 0 Å². The number of anilines is 1. The molecule has 0 aliphatic carbocycles. The van der Waals surface area contributed by atoms with Gasteiger partial charge in [-0.05, 0) is 52.9 Å². The Morgan fingerprint density at radius 2 is 1.81 bits per heavy atom. The fourth-order valence-corrected chi connectivity index (χ4v) is 4.11. The highest BCUT2D eigenvalue weighted by Crippen LogP contribution is 2.26. The van der Waals surface area contributed by atoms with Crippen molar-refractivity contribution in [2.45, 2.75) is 25.8 Å².